The van der Waals surface area contributed by atoms with Gasteiger partial charge in [0.2, 0.25) is 0 Å². The number of halogens is 1. The Hall–Kier alpha value is -1.29. The fourth-order valence-electron chi connectivity index (χ4n) is 6.08. The Bertz CT molecular complexity index is 1120. The molecule has 1 aliphatic heterocycles. The van der Waals surface area contributed by atoms with Crippen LogP contribution in [0.4, 0.5) is 4.79 Å². The molecule has 0 unspecified atom stereocenters. The minimum atomic E-state index is -2.43. The van der Waals surface area contributed by atoms with Gasteiger partial charge in [-0.05, 0) is 60.9 Å². The molecule has 276 valence electrons. The molecular weight excluding hydrogens is 712 g/mol. The quantitative estimate of drug-likeness (QED) is 0.0376. The molecule has 0 amide bonds. The average molecular weight is 776 g/mol. The van der Waals surface area contributed by atoms with Gasteiger partial charge < -0.3 is 37.3 Å². The number of carbonyl (C=O) groups is 2. The smallest absolute Gasteiger partial charge is 0.497 e. The number of rotatable bonds is 22. The van der Waals surface area contributed by atoms with Crippen LogP contribution >= 0.6 is 15.9 Å². The number of carbonyl (C=O) groups excluding carboxylic acids is 2. The summed E-state index contributed by atoms with van der Waals surface area (Å²) in [5, 5.41) is 0.390. The molecule has 1 heterocycles. The van der Waals surface area contributed by atoms with Crippen molar-refractivity contribution in [3.8, 4) is 5.75 Å². The Kier molecular flexibility index (Phi) is 16.8. The van der Waals surface area contributed by atoms with Gasteiger partial charge in [0, 0.05) is 23.1 Å². The topological polar surface area (TPSA) is 102 Å². The summed E-state index contributed by atoms with van der Waals surface area (Å²) in [4.78, 5) is 25.3. The molecule has 0 bridgehead atoms. The number of benzene rings is 1. The molecule has 0 N–H and O–H groups in total. The highest BCUT2D eigenvalue weighted by molar-refractivity contribution is 9.09. The molecule has 2 rings (SSSR count). The van der Waals surface area contributed by atoms with Crippen LogP contribution in [-0.2, 0) is 39.2 Å². The Labute approximate surface area is 300 Å². The lowest BCUT2D eigenvalue weighted by atomic mass is 9.80. The van der Waals surface area contributed by atoms with Gasteiger partial charge in [-0.25, -0.2) is 4.79 Å². The second kappa shape index (κ2) is 18.8. The monoisotopic (exact) mass is 774 g/mol. The molecule has 7 atom stereocenters. The average Bonchev–Trinajstić information content (AvgIpc) is 3.76. The van der Waals surface area contributed by atoms with Crippen LogP contribution in [0.1, 0.15) is 67.9 Å². The van der Waals surface area contributed by atoms with Gasteiger partial charge in [-0.3, -0.25) is 0 Å². The van der Waals surface area contributed by atoms with Crippen LogP contribution in [-0.4, -0.2) is 85.2 Å². The largest absolute Gasteiger partial charge is 0.508 e. The van der Waals surface area contributed by atoms with Gasteiger partial charge in [0.25, 0.3) is 0 Å². The summed E-state index contributed by atoms with van der Waals surface area (Å²) < 4.78 is 43.6. The second-order valence-electron chi connectivity index (χ2n) is 14.9. The van der Waals surface area contributed by atoms with Crippen LogP contribution in [0.2, 0.25) is 36.3 Å². The lowest BCUT2D eigenvalue weighted by Gasteiger charge is -2.46. The van der Waals surface area contributed by atoms with Crippen LogP contribution in [0.15, 0.2) is 24.3 Å². The molecule has 0 aromatic heterocycles. The van der Waals surface area contributed by atoms with Crippen molar-refractivity contribution in [2.45, 2.75) is 129 Å². The van der Waals surface area contributed by atoms with Gasteiger partial charge in [-0.2, -0.15) is 0 Å². The van der Waals surface area contributed by atoms with Gasteiger partial charge in [0.05, 0.1) is 38.6 Å². The Morgan fingerprint density at radius 3 is 2.12 bits per heavy atom. The maximum atomic E-state index is 12.7. The molecule has 1 saturated heterocycles. The minimum Gasteiger partial charge on any atom is -0.497 e. The van der Waals surface area contributed by atoms with E-state index in [2.05, 4.69) is 84.4 Å². The molecule has 0 aliphatic carbocycles. The van der Waals surface area contributed by atoms with Crippen molar-refractivity contribution in [3.05, 3.63) is 29.8 Å². The third kappa shape index (κ3) is 11.4. The van der Waals surface area contributed by atoms with E-state index in [0.717, 1.165) is 35.7 Å². The fourth-order valence-corrected chi connectivity index (χ4v) is 10.6. The number of methoxy groups -OCH3 is 1. The Morgan fingerprint density at radius 1 is 1.02 bits per heavy atom. The van der Waals surface area contributed by atoms with Gasteiger partial charge in [-0.1, -0.05) is 83.5 Å². The van der Waals surface area contributed by atoms with Crippen LogP contribution in [0, 0.1) is 17.8 Å². The van der Waals surface area contributed by atoms with E-state index >= 15 is 0 Å². The van der Waals surface area contributed by atoms with Crippen molar-refractivity contribution in [2.24, 2.45) is 17.8 Å². The number of hydrogen-bond acceptors (Lipinski definition) is 9. The molecule has 0 saturated carbocycles. The first-order valence-corrected chi connectivity index (χ1v) is 24.1. The second-order valence-corrected chi connectivity index (χ2v) is 25.2. The highest BCUT2D eigenvalue weighted by atomic mass is 79.9. The molecule has 1 aromatic carbocycles. The van der Waals surface area contributed by atoms with E-state index in [1.165, 1.54) is 0 Å². The molecular formula is C36H63BrO9Si2. The molecule has 9 nitrogen and oxygen atoms in total. The van der Waals surface area contributed by atoms with Crippen LogP contribution in [0.25, 0.3) is 0 Å². The number of hydrogen-bond donors (Lipinski definition) is 0. The van der Waals surface area contributed by atoms with Gasteiger partial charge >= 0.3 is 6.16 Å². The van der Waals surface area contributed by atoms with Gasteiger partial charge in [0.1, 0.15) is 30.9 Å². The van der Waals surface area contributed by atoms with Crippen molar-refractivity contribution in [1.82, 2.24) is 0 Å². The highest BCUT2D eigenvalue weighted by Gasteiger charge is 2.65. The third-order valence-electron chi connectivity index (χ3n) is 10.6. The lowest BCUT2D eigenvalue weighted by molar-refractivity contribution is -0.117. The maximum absolute atomic E-state index is 12.7. The van der Waals surface area contributed by atoms with Crippen molar-refractivity contribution in [3.63, 3.8) is 0 Å². The summed E-state index contributed by atoms with van der Waals surface area (Å²) in [5.41, 5.74) is 0.328. The van der Waals surface area contributed by atoms with E-state index in [1.54, 1.807) is 7.11 Å². The normalized spacial score (nSPS) is 21.5. The van der Waals surface area contributed by atoms with Crippen LogP contribution in [0.5, 0.6) is 5.75 Å². The molecule has 0 spiro atoms. The summed E-state index contributed by atoms with van der Waals surface area (Å²) in [5.74, 6) is -0.109. The zero-order valence-corrected chi connectivity index (χ0v) is 35.1. The van der Waals surface area contributed by atoms with E-state index in [1.807, 2.05) is 31.2 Å². The lowest BCUT2D eigenvalue weighted by Crippen LogP contribution is -2.57. The first-order valence-electron chi connectivity index (χ1n) is 17.5. The molecule has 0 radical (unpaired) electrons. The SMILES string of the molecule is CC[Si](CC)(CC)O[C@@H]([C@H](COC(=O)OCCBr)[C@H](O[Si](C)(C)C(C)(C)C)[C@]1(C)O[C@@H]1[C@@H](C)COCc1ccc(OC)cc1)[C@H](C)C=O. The van der Waals surface area contributed by atoms with E-state index in [4.69, 9.17) is 32.5 Å². The van der Waals surface area contributed by atoms with Crippen molar-refractivity contribution < 1.29 is 42.1 Å². The summed E-state index contributed by atoms with van der Waals surface area (Å²) in [6.45, 7) is 24.8. The summed E-state index contributed by atoms with van der Waals surface area (Å²) >= 11 is 3.30. The van der Waals surface area contributed by atoms with E-state index in [0.29, 0.717) is 18.5 Å². The van der Waals surface area contributed by atoms with E-state index in [-0.39, 0.29) is 30.3 Å². The Balaban J connectivity index is 2.52. The van der Waals surface area contributed by atoms with E-state index in [9.17, 15) is 9.59 Å². The third-order valence-corrected chi connectivity index (χ3v) is 20.0. The van der Waals surface area contributed by atoms with Crippen molar-refractivity contribution >= 4 is 45.0 Å². The Morgan fingerprint density at radius 2 is 1.62 bits per heavy atom. The van der Waals surface area contributed by atoms with Gasteiger partial charge in [-0.15, -0.1) is 0 Å². The predicted molar refractivity (Wildman–Crippen MR) is 199 cm³/mol. The zero-order valence-electron chi connectivity index (χ0n) is 31.6. The summed E-state index contributed by atoms with van der Waals surface area (Å²) in [6.07, 6.45) is -1.05. The molecule has 1 aliphatic rings. The molecule has 12 heteroatoms. The van der Waals surface area contributed by atoms with Crippen molar-refractivity contribution in [2.75, 3.05) is 32.3 Å². The number of aldehydes is 1. The molecule has 1 fully saturated rings. The standard InChI is InChI=1S/C36H63BrO9Si2/c1-13-48(14-2,15-3)45-31(26(4)22-38)30(25-43-34(39)42-21-20-37)33(46-47(11,12)35(6,7)8)36(9)32(44-36)27(5)23-41-24-28-16-18-29(40-10)19-17-28/h16-19,22,26-27,30-33H,13-15,20-21,23-25H2,1-12H3/t26-,27+,30+,31-,32-,33+,36-/m1/s1. The first kappa shape index (κ1) is 42.9. The van der Waals surface area contributed by atoms with Crippen LogP contribution < -0.4 is 4.74 Å². The highest BCUT2D eigenvalue weighted by Crippen LogP contribution is 2.51. The molecule has 1 aromatic rings. The minimum absolute atomic E-state index is 0.0289. The predicted octanol–water partition coefficient (Wildman–Crippen LogP) is 8.79. The maximum Gasteiger partial charge on any atom is 0.508 e. The van der Waals surface area contributed by atoms with Crippen LogP contribution in [0.3, 0.4) is 0 Å². The zero-order chi connectivity index (χ0) is 36.3. The summed E-state index contributed by atoms with van der Waals surface area (Å²) in [7, 11) is -3.00. The van der Waals surface area contributed by atoms with Gasteiger partial charge in [0.15, 0.2) is 16.6 Å². The summed E-state index contributed by atoms with van der Waals surface area (Å²) in [6, 6.07) is 10.6. The number of ether oxygens (including phenoxy) is 5. The molecule has 48 heavy (non-hydrogen) atoms. The van der Waals surface area contributed by atoms with E-state index < -0.39 is 52.4 Å². The number of alkyl halides is 1. The fraction of sp³-hybridized carbons (Fsp3) is 0.778. The first-order chi connectivity index (χ1) is 22.5. The number of epoxide rings is 1. The van der Waals surface area contributed by atoms with Crippen molar-refractivity contribution in [1.29, 1.82) is 0 Å².